The molecule has 23 heavy (non-hydrogen) atoms. The van der Waals surface area contributed by atoms with Crippen molar-refractivity contribution in [2.24, 2.45) is 17.8 Å². The Kier molecular flexibility index (Phi) is 4.21. The van der Waals surface area contributed by atoms with Crippen LogP contribution >= 0.6 is 0 Å². The molecule has 124 valence electrons. The zero-order chi connectivity index (χ0) is 16.6. The lowest BCUT2D eigenvalue weighted by Gasteiger charge is -2.20. The smallest absolute Gasteiger partial charge is 0.349 e. The average molecular weight is 323 g/mol. The fourth-order valence-corrected chi connectivity index (χ4v) is 3.88. The van der Waals surface area contributed by atoms with Crippen LogP contribution in [0.5, 0.6) is 0 Å². The average Bonchev–Trinajstić information content (AvgIpc) is 3.19. The first-order chi connectivity index (χ1) is 10.9. The maximum Gasteiger partial charge on any atom is 0.416 e. The molecule has 2 fully saturated rings. The van der Waals surface area contributed by atoms with Gasteiger partial charge in [-0.25, -0.2) is 0 Å². The summed E-state index contributed by atoms with van der Waals surface area (Å²) < 4.78 is 37.7. The maximum atomic E-state index is 12.6. The highest BCUT2D eigenvalue weighted by molar-refractivity contribution is 5.87. The van der Waals surface area contributed by atoms with E-state index in [1.807, 2.05) is 0 Å². The van der Waals surface area contributed by atoms with E-state index < -0.39 is 11.7 Å². The zero-order valence-electron chi connectivity index (χ0n) is 12.8. The van der Waals surface area contributed by atoms with Gasteiger partial charge in [-0.3, -0.25) is 4.79 Å². The van der Waals surface area contributed by atoms with Gasteiger partial charge < -0.3 is 5.32 Å². The second kappa shape index (κ2) is 6.02. The number of amides is 1. The topological polar surface area (TPSA) is 29.1 Å². The van der Waals surface area contributed by atoms with Crippen molar-refractivity contribution in [1.29, 1.82) is 0 Å². The van der Waals surface area contributed by atoms with Crippen LogP contribution in [0.25, 0.3) is 0 Å². The van der Waals surface area contributed by atoms with Gasteiger partial charge in [0.1, 0.15) is 0 Å². The molecule has 2 aliphatic carbocycles. The summed E-state index contributed by atoms with van der Waals surface area (Å²) in [6.07, 6.45) is 1.02. The molecule has 2 nitrogen and oxygen atoms in total. The molecule has 1 aromatic rings. The van der Waals surface area contributed by atoms with Crippen LogP contribution in [0, 0.1) is 17.8 Å². The molecule has 4 unspecified atom stereocenters. The summed E-state index contributed by atoms with van der Waals surface area (Å²) in [4.78, 5) is 11.4. The van der Waals surface area contributed by atoms with Gasteiger partial charge in [0.05, 0.1) is 5.56 Å². The second-order valence-corrected chi connectivity index (χ2v) is 6.64. The SMILES string of the molecule is C=CC(=O)NC1C2CCC(Cc3ccc(C(F)(F)F)cc3)CC21. The molecular weight excluding hydrogens is 303 g/mol. The first-order valence-electron chi connectivity index (χ1n) is 7.97. The molecular formula is C18H20F3NO. The first kappa shape index (κ1) is 16.1. The third-order valence-corrected chi connectivity index (χ3v) is 5.15. The van der Waals surface area contributed by atoms with Crippen molar-refractivity contribution >= 4 is 5.91 Å². The summed E-state index contributed by atoms with van der Waals surface area (Å²) >= 11 is 0. The monoisotopic (exact) mass is 323 g/mol. The number of rotatable bonds is 4. The molecule has 2 aliphatic rings. The lowest BCUT2D eigenvalue weighted by Crippen LogP contribution is -2.25. The van der Waals surface area contributed by atoms with Crippen molar-refractivity contribution in [1.82, 2.24) is 5.32 Å². The van der Waals surface area contributed by atoms with Gasteiger partial charge in [0.25, 0.3) is 0 Å². The lowest BCUT2D eigenvalue weighted by atomic mass is 9.85. The van der Waals surface area contributed by atoms with Crippen molar-refractivity contribution < 1.29 is 18.0 Å². The van der Waals surface area contributed by atoms with Crippen LogP contribution in [-0.4, -0.2) is 11.9 Å². The van der Waals surface area contributed by atoms with Crippen LogP contribution in [0.2, 0.25) is 0 Å². The molecule has 0 saturated heterocycles. The minimum Gasteiger partial charge on any atom is -0.349 e. The summed E-state index contributed by atoms with van der Waals surface area (Å²) in [5, 5.41) is 2.97. The number of halogens is 3. The van der Waals surface area contributed by atoms with Crippen LogP contribution in [0.1, 0.15) is 30.4 Å². The van der Waals surface area contributed by atoms with Gasteiger partial charge in [0, 0.05) is 6.04 Å². The minimum atomic E-state index is -4.28. The van der Waals surface area contributed by atoms with Gasteiger partial charge in [-0.1, -0.05) is 18.7 Å². The molecule has 4 atom stereocenters. The molecule has 2 saturated carbocycles. The van der Waals surface area contributed by atoms with Crippen LogP contribution in [-0.2, 0) is 17.4 Å². The maximum absolute atomic E-state index is 12.6. The number of nitrogens with one attached hydrogen (secondary N) is 1. The molecule has 0 spiro atoms. The summed E-state index contributed by atoms with van der Waals surface area (Å²) in [5.74, 6) is 1.46. The Bertz CT molecular complexity index is 593. The Labute approximate surface area is 133 Å². The van der Waals surface area contributed by atoms with E-state index in [0.717, 1.165) is 43.4 Å². The highest BCUT2D eigenvalue weighted by Crippen LogP contribution is 2.52. The van der Waals surface area contributed by atoms with Gasteiger partial charge in [-0.2, -0.15) is 13.2 Å². The van der Waals surface area contributed by atoms with Crippen LogP contribution < -0.4 is 5.32 Å². The minimum absolute atomic E-state index is 0.122. The molecule has 0 heterocycles. The van der Waals surface area contributed by atoms with Crippen molar-refractivity contribution in [3.8, 4) is 0 Å². The highest BCUT2D eigenvalue weighted by Gasteiger charge is 2.53. The molecule has 1 aromatic carbocycles. The van der Waals surface area contributed by atoms with E-state index in [1.165, 1.54) is 6.08 Å². The van der Waals surface area contributed by atoms with E-state index >= 15 is 0 Å². The fourth-order valence-electron chi connectivity index (χ4n) is 3.88. The zero-order valence-corrected chi connectivity index (χ0v) is 12.8. The van der Waals surface area contributed by atoms with E-state index in [-0.39, 0.29) is 11.9 Å². The number of carbonyl (C=O) groups excluding carboxylic acids is 1. The number of hydrogen-bond donors (Lipinski definition) is 1. The Morgan fingerprint density at radius 2 is 1.91 bits per heavy atom. The quantitative estimate of drug-likeness (QED) is 0.835. The van der Waals surface area contributed by atoms with Crippen molar-refractivity contribution in [2.45, 2.75) is 37.9 Å². The Balaban J connectivity index is 1.54. The third-order valence-electron chi connectivity index (χ3n) is 5.15. The second-order valence-electron chi connectivity index (χ2n) is 6.64. The van der Waals surface area contributed by atoms with Crippen LogP contribution in [0.15, 0.2) is 36.9 Å². The Morgan fingerprint density at radius 1 is 1.22 bits per heavy atom. The Morgan fingerprint density at radius 3 is 2.52 bits per heavy atom. The molecule has 1 amide bonds. The largest absolute Gasteiger partial charge is 0.416 e. The van der Waals surface area contributed by atoms with Gasteiger partial charge in [-0.15, -0.1) is 0 Å². The van der Waals surface area contributed by atoms with E-state index in [4.69, 9.17) is 0 Å². The normalized spacial score (nSPS) is 29.5. The predicted molar refractivity (Wildman–Crippen MR) is 81.6 cm³/mol. The number of benzene rings is 1. The van der Waals surface area contributed by atoms with E-state index in [2.05, 4.69) is 11.9 Å². The molecule has 1 N–H and O–H groups in total. The van der Waals surface area contributed by atoms with Crippen molar-refractivity contribution in [3.05, 3.63) is 48.0 Å². The summed E-state index contributed by atoms with van der Waals surface area (Å²) in [6, 6.07) is 5.74. The summed E-state index contributed by atoms with van der Waals surface area (Å²) in [7, 11) is 0. The first-order valence-corrected chi connectivity index (χ1v) is 7.97. The summed E-state index contributed by atoms with van der Waals surface area (Å²) in [6.45, 7) is 3.46. The van der Waals surface area contributed by atoms with Crippen molar-refractivity contribution in [3.63, 3.8) is 0 Å². The standard InChI is InChI=1S/C18H20F3NO/c1-2-16(23)22-17-14-8-5-12(10-15(14)17)9-11-3-6-13(7-4-11)18(19,20)21/h2-4,6-7,12,14-15,17H,1,5,8-10H2,(H,22,23). The number of alkyl halides is 3. The molecule has 0 bridgehead atoms. The van der Waals surface area contributed by atoms with E-state index in [0.29, 0.717) is 17.8 Å². The van der Waals surface area contributed by atoms with Crippen LogP contribution in [0.4, 0.5) is 13.2 Å². The fraction of sp³-hybridized carbons (Fsp3) is 0.500. The number of hydrogen-bond acceptors (Lipinski definition) is 1. The molecule has 3 rings (SSSR count). The summed E-state index contributed by atoms with van der Waals surface area (Å²) in [5.41, 5.74) is 0.355. The van der Waals surface area contributed by atoms with E-state index in [1.54, 1.807) is 12.1 Å². The molecule has 0 aliphatic heterocycles. The third kappa shape index (κ3) is 3.59. The highest BCUT2D eigenvalue weighted by atomic mass is 19.4. The Hall–Kier alpha value is -1.78. The molecule has 0 aromatic heterocycles. The number of fused-ring (bicyclic) bond motifs is 1. The lowest BCUT2D eigenvalue weighted by molar-refractivity contribution is -0.137. The predicted octanol–water partition coefficient (Wildman–Crippen LogP) is 3.96. The number of carbonyl (C=O) groups is 1. The van der Waals surface area contributed by atoms with E-state index in [9.17, 15) is 18.0 Å². The van der Waals surface area contributed by atoms with Gasteiger partial charge in [-0.05, 0) is 67.2 Å². The van der Waals surface area contributed by atoms with Gasteiger partial charge in [0.2, 0.25) is 5.91 Å². The van der Waals surface area contributed by atoms with Gasteiger partial charge in [0.15, 0.2) is 0 Å². The van der Waals surface area contributed by atoms with Crippen molar-refractivity contribution in [2.75, 3.05) is 0 Å². The molecule has 0 radical (unpaired) electrons. The van der Waals surface area contributed by atoms with Gasteiger partial charge >= 0.3 is 6.18 Å². The van der Waals surface area contributed by atoms with Crippen LogP contribution in [0.3, 0.4) is 0 Å². The molecule has 5 heteroatoms.